The Morgan fingerprint density at radius 1 is 1.57 bits per heavy atom. The molecule has 0 radical (unpaired) electrons. The van der Waals surface area contributed by atoms with Crippen LogP contribution in [0, 0.1) is 5.92 Å². The molecule has 1 aliphatic rings. The number of oxazole rings is 1. The van der Waals surface area contributed by atoms with E-state index in [9.17, 15) is 4.79 Å². The van der Waals surface area contributed by atoms with Gasteiger partial charge in [-0.25, -0.2) is 4.98 Å². The Morgan fingerprint density at radius 2 is 2.43 bits per heavy atom. The third-order valence-electron chi connectivity index (χ3n) is 2.93. The summed E-state index contributed by atoms with van der Waals surface area (Å²) in [5.41, 5.74) is 5.30. The van der Waals surface area contributed by atoms with Crippen LogP contribution in [0.3, 0.4) is 0 Å². The van der Waals surface area contributed by atoms with Crippen molar-refractivity contribution in [3.05, 3.63) is 18.4 Å². The summed E-state index contributed by atoms with van der Waals surface area (Å²) in [6.45, 7) is 0. The third kappa shape index (κ3) is 1.78. The first-order valence-corrected chi connectivity index (χ1v) is 4.95. The average Bonchev–Trinajstić information content (AvgIpc) is 2.71. The molecule has 1 aromatic rings. The highest BCUT2D eigenvalue weighted by Gasteiger charge is 2.28. The van der Waals surface area contributed by atoms with Gasteiger partial charge >= 0.3 is 0 Å². The molecular weight excluding hydrogens is 180 g/mol. The van der Waals surface area contributed by atoms with Gasteiger partial charge in [0.2, 0.25) is 5.91 Å². The molecule has 14 heavy (non-hydrogen) atoms. The predicted molar refractivity (Wildman–Crippen MR) is 50.4 cm³/mol. The maximum absolute atomic E-state index is 11.0. The Labute approximate surface area is 82.5 Å². The number of amides is 1. The molecule has 4 nitrogen and oxygen atoms in total. The Morgan fingerprint density at radius 3 is 3.07 bits per heavy atom. The van der Waals surface area contributed by atoms with Crippen molar-refractivity contribution in [2.45, 2.75) is 31.6 Å². The van der Waals surface area contributed by atoms with Crippen molar-refractivity contribution in [2.75, 3.05) is 0 Å². The molecular formula is C10H14N2O2. The molecule has 1 aromatic heterocycles. The van der Waals surface area contributed by atoms with Gasteiger partial charge in [0, 0.05) is 11.8 Å². The van der Waals surface area contributed by atoms with E-state index in [1.807, 2.05) is 0 Å². The highest BCUT2D eigenvalue weighted by molar-refractivity contribution is 5.76. The lowest BCUT2D eigenvalue weighted by molar-refractivity contribution is -0.122. The summed E-state index contributed by atoms with van der Waals surface area (Å²) >= 11 is 0. The standard InChI is InChI=1S/C10H14N2O2/c11-10(13)8-3-1-2-7(4-8)9-5-12-6-14-9/h5-8H,1-4H2,(H2,11,13). The van der Waals surface area contributed by atoms with Crippen molar-refractivity contribution < 1.29 is 9.21 Å². The van der Waals surface area contributed by atoms with Crippen LogP contribution in [0.2, 0.25) is 0 Å². The van der Waals surface area contributed by atoms with E-state index in [4.69, 9.17) is 10.2 Å². The van der Waals surface area contributed by atoms with Gasteiger partial charge in [0.05, 0.1) is 6.20 Å². The van der Waals surface area contributed by atoms with E-state index in [0.29, 0.717) is 5.92 Å². The van der Waals surface area contributed by atoms with Gasteiger partial charge < -0.3 is 10.2 Å². The molecule has 1 saturated carbocycles. The minimum absolute atomic E-state index is 0.0128. The molecule has 4 heteroatoms. The Balaban J connectivity index is 2.04. The Bertz CT molecular complexity index is 308. The maximum Gasteiger partial charge on any atom is 0.220 e. The molecule has 2 atom stereocenters. The van der Waals surface area contributed by atoms with E-state index >= 15 is 0 Å². The van der Waals surface area contributed by atoms with Gasteiger partial charge in [0.15, 0.2) is 6.39 Å². The van der Waals surface area contributed by atoms with Gasteiger partial charge in [0.1, 0.15) is 5.76 Å². The highest BCUT2D eigenvalue weighted by Crippen LogP contribution is 2.35. The normalized spacial score (nSPS) is 27.4. The Hall–Kier alpha value is -1.32. The van der Waals surface area contributed by atoms with Crippen LogP contribution in [-0.4, -0.2) is 10.9 Å². The van der Waals surface area contributed by atoms with Crippen molar-refractivity contribution >= 4 is 5.91 Å². The molecule has 0 spiro atoms. The zero-order valence-electron chi connectivity index (χ0n) is 7.98. The second kappa shape index (κ2) is 3.82. The SMILES string of the molecule is NC(=O)C1CCCC(c2cnco2)C1. The molecule has 2 N–H and O–H groups in total. The molecule has 0 saturated heterocycles. The molecule has 2 rings (SSSR count). The van der Waals surface area contributed by atoms with Crippen LogP contribution < -0.4 is 5.73 Å². The smallest absolute Gasteiger partial charge is 0.220 e. The fourth-order valence-electron chi connectivity index (χ4n) is 2.13. The van der Waals surface area contributed by atoms with Crippen molar-refractivity contribution in [1.82, 2.24) is 4.98 Å². The van der Waals surface area contributed by atoms with Gasteiger partial charge in [-0.1, -0.05) is 6.42 Å². The van der Waals surface area contributed by atoms with E-state index in [1.165, 1.54) is 6.39 Å². The van der Waals surface area contributed by atoms with E-state index in [2.05, 4.69) is 4.98 Å². The number of carbonyl (C=O) groups is 1. The van der Waals surface area contributed by atoms with Crippen molar-refractivity contribution in [1.29, 1.82) is 0 Å². The van der Waals surface area contributed by atoms with Crippen LogP contribution in [-0.2, 0) is 4.79 Å². The largest absolute Gasteiger partial charge is 0.448 e. The monoisotopic (exact) mass is 194 g/mol. The van der Waals surface area contributed by atoms with E-state index in [1.54, 1.807) is 6.20 Å². The quantitative estimate of drug-likeness (QED) is 0.774. The first kappa shape index (κ1) is 9.24. The van der Waals surface area contributed by atoms with Crippen LogP contribution in [0.4, 0.5) is 0 Å². The van der Waals surface area contributed by atoms with Gasteiger partial charge in [0.25, 0.3) is 0 Å². The topological polar surface area (TPSA) is 69.1 Å². The zero-order chi connectivity index (χ0) is 9.97. The van der Waals surface area contributed by atoms with Gasteiger partial charge in [-0.15, -0.1) is 0 Å². The molecule has 1 amide bonds. The number of primary amides is 1. The second-order valence-electron chi connectivity index (χ2n) is 3.87. The number of rotatable bonds is 2. The second-order valence-corrected chi connectivity index (χ2v) is 3.87. The van der Waals surface area contributed by atoms with Gasteiger partial charge in [-0.3, -0.25) is 4.79 Å². The van der Waals surface area contributed by atoms with Crippen LogP contribution in [0.15, 0.2) is 17.0 Å². The summed E-state index contributed by atoms with van der Waals surface area (Å²) in [7, 11) is 0. The van der Waals surface area contributed by atoms with Crippen molar-refractivity contribution in [3.8, 4) is 0 Å². The van der Waals surface area contributed by atoms with E-state index in [0.717, 1.165) is 31.4 Å². The summed E-state index contributed by atoms with van der Waals surface area (Å²) in [5.74, 6) is 1.03. The van der Waals surface area contributed by atoms with Crippen LogP contribution in [0.25, 0.3) is 0 Å². The van der Waals surface area contributed by atoms with Gasteiger partial charge in [-0.05, 0) is 19.3 Å². The first-order chi connectivity index (χ1) is 6.77. The van der Waals surface area contributed by atoms with Crippen LogP contribution in [0.5, 0.6) is 0 Å². The van der Waals surface area contributed by atoms with Crippen LogP contribution >= 0.6 is 0 Å². The third-order valence-corrected chi connectivity index (χ3v) is 2.93. The minimum Gasteiger partial charge on any atom is -0.448 e. The number of hydrogen-bond acceptors (Lipinski definition) is 3. The number of hydrogen-bond donors (Lipinski definition) is 1. The Kier molecular flexibility index (Phi) is 2.52. The molecule has 1 fully saturated rings. The molecule has 1 aliphatic carbocycles. The summed E-state index contributed by atoms with van der Waals surface area (Å²) in [6.07, 6.45) is 7.00. The maximum atomic E-state index is 11.0. The lowest BCUT2D eigenvalue weighted by Gasteiger charge is -2.25. The fraction of sp³-hybridized carbons (Fsp3) is 0.600. The molecule has 0 bridgehead atoms. The summed E-state index contributed by atoms with van der Waals surface area (Å²) in [4.78, 5) is 14.9. The van der Waals surface area contributed by atoms with Crippen LogP contribution in [0.1, 0.15) is 37.4 Å². The fourth-order valence-corrected chi connectivity index (χ4v) is 2.13. The number of nitrogens with two attached hydrogens (primary N) is 1. The lowest BCUT2D eigenvalue weighted by Crippen LogP contribution is -2.27. The number of nitrogens with zero attached hydrogens (tertiary/aromatic N) is 1. The highest BCUT2D eigenvalue weighted by atomic mass is 16.3. The van der Waals surface area contributed by atoms with E-state index < -0.39 is 0 Å². The molecule has 0 aromatic carbocycles. The molecule has 0 aliphatic heterocycles. The number of carbonyl (C=O) groups excluding carboxylic acids is 1. The lowest BCUT2D eigenvalue weighted by atomic mass is 9.80. The van der Waals surface area contributed by atoms with Gasteiger partial charge in [-0.2, -0.15) is 0 Å². The predicted octanol–water partition coefficient (Wildman–Crippen LogP) is 1.43. The average molecular weight is 194 g/mol. The zero-order valence-corrected chi connectivity index (χ0v) is 7.98. The molecule has 76 valence electrons. The summed E-state index contributed by atoms with van der Waals surface area (Å²) < 4.78 is 5.24. The summed E-state index contributed by atoms with van der Waals surface area (Å²) in [6, 6.07) is 0. The van der Waals surface area contributed by atoms with Crippen molar-refractivity contribution in [2.24, 2.45) is 11.7 Å². The summed E-state index contributed by atoms with van der Waals surface area (Å²) in [5, 5.41) is 0. The van der Waals surface area contributed by atoms with Crippen molar-refractivity contribution in [3.63, 3.8) is 0 Å². The number of aromatic nitrogens is 1. The van der Waals surface area contributed by atoms with E-state index in [-0.39, 0.29) is 11.8 Å². The molecule has 1 heterocycles. The molecule has 2 unspecified atom stereocenters. The minimum atomic E-state index is -0.186. The first-order valence-electron chi connectivity index (χ1n) is 4.95.